The molecule has 2 aromatic carbocycles. The smallest absolute Gasteiger partial charge is 0.341 e. The van der Waals surface area contributed by atoms with E-state index in [1.807, 2.05) is 30.3 Å². The molecule has 0 N–H and O–H groups in total. The summed E-state index contributed by atoms with van der Waals surface area (Å²) in [4.78, 5) is 20.9. The summed E-state index contributed by atoms with van der Waals surface area (Å²) in [7, 11) is 1.48. The summed E-state index contributed by atoms with van der Waals surface area (Å²) in [5.41, 5.74) is 3.64. The van der Waals surface area contributed by atoms with Gasteiger partial charge in [-0.3, -0.25) is 4.68 Å². The van der Waals surface area contributed by atoms with Crippen LogP contribution in [0.3, 0.4) is 0 Å². The Labute approximate surface area is 199 Å². The van der Waals surface area contributed by atoms with Gasteiger partial charge in [0.1, 0.15) is 16.9 Å². The van der Waals surface area contributed by atoms with E-state index in [9.17, 15) is 9.18 Å². The fourth-order valence-electron chi connectivity index (χ4n) is 3.74. The van der Waals surface area contributed by atoms with Gasteiger partial charge < -0.3 is 9.47 Å². The van der Waals surface area contributed by atoms with E-state index in [1.54, 1.807) is 29.9 Å². The Bertz CT molecular complexity index is 1510. The molecule has 0 aliphatic carbocycles. The molecule has 35 heavy (non-hydrogen) atoms. The molecule has 176 valence electrons. The molecule has 0 atom stereocenters. The van der Waals surface area contributed by atoms with Gasteiger partial charge >= 0.3 is 5.97 Å². The summed E-state index contributed by atoms with van der Waals surface area (Å²) < 4.78 is 28.2. The van der Waals surface area contributed by atoms with Gasteiger partial charge in [0.2, 0.25) is 5.88 Å². The van der Waals surface area contributed by atoms with Crippen LogP contribution in [0, 0.1) is 5.82 Å². The molecule has 0 aliphatic rings. The van der Waals surface area contributed by atoms with Crippen molar-refractivity contribution in [2.24, 2.45) is 0 Å². The number of ether oxygens (including phenoxy) is 2. The van der Waals surface area contributed by atoms with E-state index in [-0.39, 0.29) is 36.4 Å². The molecule has 0 bridgehead atoms. The van der Waals surface area contributed by atoms with E-state index in [1.165, 1.54) is 30.3 Å². The molecule has 5 aromatic rings. The number of halogens is 1. The number of benzene rings is 2. The highest BCUT2D eigenvalue weighted by Crippen LogP contribution is 2.26. The van der Waals surface area contributed by atoms with Gasteiger partial charge in [-0.25, -0.2) is 18.9 Å². The monoisotopic (exact) mass is 472 g/mol. The van der Waals surface area contributed by atoms with Gasteiger partial charge in [-0.05, 0) is 30.2 Å². The van der Waals surface area contributed by atoms with Crippen LogP contribution in [-0.2, 0) is 11.3 Å². The first-order valence-electron chi connectivity index (χ1n) is 10.9. The average molecular weight is 472 g/mol. The minimum absolute atomic E-state index is 0.157. The predicted molar refractivity (Wildman–Crippen MR) is 126 cm³/mol. The number of hydrogen-bond acceptors (Lipinski definition) is 7. The summed E-state index contributed by atoms with van der Waals surface area (Å²) in [5.74, 6) is -0.385. The Morgan fingerprint density at radius 1 is 1.03 bits per heavy atom. The second-order valence-electron chi connectivity index (χ2n) is 7.64. The number of hydrogen-bond donors (Lipinski definition) is 0. The van der Waals surface area contributed by atoms with Crippen LogP contribution >= 0.6 is 0 Å². The largest absolute Gasteiger partial charge is 0.479 e. The molecule has 0 unspecified atom stereocenters. The van der Waals surface area contributed by atoms with Crippen molar-refractivity contribution in [3.8, 4) is 23.0 Å². The summed E-state index contributed by atoms with van der Waals surface area (Å²) in [6.45, 7) is 2.14. The van der Waals surface area contributed by atoms with Gasteiger partial charge in [0.15, 0.2) is 0 Å². The number of rotatable bonds is 7. The van der Waals surface area contributed by atoms with E-state index >= 15 is 0 Å². The fourth-order valence-corrected chi connectivity index (χ4v) is 3.74. The van der Waals surface area contributed by atoms with Gasteiger partial charge in [0.25, 0.3) is 5.95 Å². The van der Waals surface area contributed by atoms with Gasteiger partial charge in [0, 0.05) is 11.8 Å². The fraction of sp³-hybridized carbons (Fsp3) is 0.160. The Morgan fingerprint density at radius 3 is 2.63 bits per heavy atom. The highest BCUT2D eigenvalue weighted by atomic mass is 19.1. The minimum Gasteiger partial charge on any atom is -0.479 e. The standard InChI is InChI=1S/C25H21FN6O3/c1-3-35-24(33)19-12-27-32(15-19)25-29-21-13-28-31(22(21)23(30-25)34-2)14-18-11-17(9-10-20(18)26)16-7-5-4-6-8-16/h4-13,15H,3,14H2,1-2H3. The molecular formula is C25H21FN6O3. The summed E-state index contributed by atoms with van der Waals surface area (Å²) in [6, 6.07) is 14.8. The SMILES string of the molecule is CCOC(=O)c1cnn(-c2nc(OC)c3c(cnn3Cc3cc(-c4ccccc4)ccc3F)n2)c1. The van der Waals surface area contributed by atoms with Gasteiger partial charge in [0.05, 0.1) is 38.2 Å². The first-order chi connectivity index (χ1) is 17.1. The van der Waals surface area contributed by atoms with E-state index < -0.39 is 5.97 Å². The topological polar surface area (TPSA) is 97.0 Å². The molecule has 0 aliphatic heterocycles. The summed E-state index contributed by atoms with van der Waals surface area (Å²) >= 11 is 0. The van der Waals surface area contributed by atoms with Crippen LogP contribution in [0.15, 0.2) is 67.1 Å². The van der Waals surface area contributed by atoms with Crippen LogP contribution in [0.1, 0.15) is 22.8 Å². The third-order valence-corrected chi connectivity index (χ3v) is 5.41. The number of nitrogens with zero attached hydrogens (tertiary/aromatic N) is 6. The van der Waals surface area contributed by atoms with Crippen LogP contribution in [0.4, 0.5) is 4.39 Å². The molecule has 3 heterocycles. The van der Waals surface area contributed by atoms with Crippen LogP contribution in [0.25, 0.3) is 28.1 Å². The van der Waals surface area contributed by atoms with Crippen molar-refractivity contribution >= 4 is 17.0 Å². The van der Waals surface area contributed by atoms with Gasteiger partial charge in [-0.15, -0.1) is 0 Å². The van der Waals surface area contributed by atoms with Crippen molar-refractivity contribution in [3.05, 3.63) is 84.1 Å². The first-order valence-corrected chi connectivity index (χ1v) is 10.9. The van der Waals surface area contributed by atoms with Crippen LogP contribution in [-0.4, -0.2) is 49.2 Å². The zero-order valence-electron chi connectivity index (χ0n) is 19.1. The zero-order valence-corrected chi connectivity index (χ0v) is 19.1. The van der Waals surface area contributed by atoms with Gasteiger partial charge in [-0.2, -0.15) is 15.2 Å². The number of methoxy groups -OCH3 is 1. The third-order valence-electron chi connectivity index (χ3n) is 5.41. The number of carbonyl (C=O) groups is 1. The van der Waals surface area contributed by atoms with Crippen molar-refractivity contribution in [1.29, 1.82) is 0 Å². The minimum atomic E-state index is -0.487. The van der Waals surface area contributed by atoms with E-state index in [0.29, 0.717) is 16.6 Å². The van der Waals surface area contributed by atoms with Crippen molar-refractivity contribution in [2.75, 3.05) is 13.7 Å². The normalized spacial score (nSPS) is 11.1. The Kier molecular flexibility index (Phi) is 5.92. The van der Waals surface area contributed by atoms with Gasteiger partial charge in [-0.1, -0.05) is 36.4 Å². The number of aromatic nitrogens is 6. The molecule has 0 spiro atoms. The molecule has 10 heteroatoms. The Morgan fingerprint density at radius 2 is 1.86 bits per heavy atom. The maximum atomic E-state index is 14.7. The second kappa shape index (κ2) is 9.34. The number of fused-ring (bicyclic) bond motifs is 1. The number of esters is 1. The lowest BCUT2D eigenvalue weighted by Gasteiger charge is -2.10. The van der Waals surface area contributed by atoms with E-state index in [0.717, 1.165) is 11.1 Å². The Balaban J connectivity index is 1.50. The molecular weight excluding hydrogens is 451 g/mol. The molecule has 5 rings (SSSR count). The van der Waals surface area contributed by atoms with E-state index in [4.69, 9.17) is 9.47 Å². The van der Waals surface area contributed by atoms with Crippen molar-refractivity contribution < 1.29 is 18.7 Å². The lowest BCUT2D eigenvalue weighted by atomic mass is 10.0. The lowest BCUT2D eigenvalue weighted by Crippen LogP contribution is -2.08. The molecule has 0 saturated heterocycles. The highest BCUT2D eigenvalue weighted by Gasteiger charge is 2.18. The highest BCUT2D eigenvalue weighted by molar-refractivity contribution is 5.88. The average Bonchev–Trinajstić information content (AvgIpc) is 3.53. The quantitative estimate of drug-likeness (QED) is 0.330. The molecule has 0 radical (unpaired) electrons. The van der Waals surface area contributed by atoms with Crippen molar-refractivity contribution in [1.82, 2.24) is 29.5 Å². The molecule has 9 nitrogen and oxygen atoms in total. The maximum absolute atomic E-state index is 14.7. The second-order valence-corrected chi connectivity index (χ2v) is 7.64. The third kappa shape index (κ3) is 4.33. The maximum Gasteiger partial charge on any atom is 0.341 e. The molecule has 0 fully saturated rings. The summed E-state index contributed by atoms with van der Waals surface area (Å²) in [5, 5.41) is 8.55. The van der Waals surface area contributed by atoms with Crippen LogP contribution in [0.5, 0.6) is 5.88 Å². The molecule has 0 saturated carbocycles. The van der Waals surface area contributed by atoms with Crippen molar-refractivity contribution in [2.45, 2.75) is 13.5 Å². The number of carbonyl (C=O) groups excluding carboxylic acids is 1. The van der Waals surface area contributed by atoms with Crippen LogP contribution < -0.4 is 4.74 Å². The molecule has 0 amide bonds. The first kappa shape index (κ1) is 22.2. The zero-order chi connectivity index (χ0) is 24.4. The molecule has 3 aromatic heterocycles. The van der Waals surface area contributed by atoms with E-state index in [2.05, 4.69) is 20.2 Å². The van der Waals surface area contributed by atoms with Crippen molar-refractivity contribution in [3.63, 3.8) is 0 Å². The predicted octanol–water partition coefficient (Wildman–Crippen LogP) is 4.05. The lowest BCUT2D eigenvalue weighted by molar-refractivity contribution is 0.0526. The van der Waals surface area contributed by atoms with Crippen LogP contribution in [0.2, 0.25) is 0 Å². The Hall–Kier alpha value is -4.60. The summed E-state index contributed by atoms with van der Waals surface area (Å²) in [6.07, 6.45) is 4.41.